The summed E-state index contributed by atoms with van der Waals surface area (Å²) in [4.78, 5) is 22.2. The van der Waals surface area contributed by atoms with Crippen LogP contribution in [0.2, 0.25) is 0 Å². The van der Waals surface area contributed by atoms with E-state index in [9.17, 15) is 9.59 Å². The summed E-state index contributed by atoms with van der Waals surface area (Å²) in [6, 6.07) is 1.65. The third kappa shape index (κ3) is 7.45. The van der Waals surface area contributed by atoms with Crippen LogP contribution in [-0.2, 0) is 9.59 Å². The highest BCUT2D eigenvalue weighted by molar-refractivity contribution is 5.91. The summed E-state index contributed by atoms with van der Waals surface area (Å²) >= 11 is 0. The Morgan fingerprint density at radius 2 is 2.10 bits per heavy atom. The van der Waals surface area contributed by atoms with E-state index in [1.165, 1.54) is 0 Å². The monoisotopic (exact) mass is 297 g/mol. The van der Waals surface area contributed by atoms with E-state index in [0.29, 0.717) is 24.5 Å². The first-order valence-corrected chi connectivity index (χ1v) is 6.94. The Morgan fingerprint density at radius 3 is 2.67 bits per heavy atom. The van der Waals surface area contributed by atoms with E-state index in [1.54, 1.807) is 13.0 Å². The average Bonchev–Trinajstić information content (AvgIpc) is 2.78. The van der Waals surface area contributed by atoms with Gasteiger partial charge in [-0.15, -0.1) is 0 Å². The third-order valence-corrected chi connectivity index (χ3v) is 3.18. The van der Waals surface area contributed by atoms with Crippen LogP contribution in [0, 0.1) is 12.3 Å². The van der Waals surface area contributed by atoms with Gasteiger partial charge in [0.25, 0.3) is 0 Å². The highest BCUT2D eigenvalue weighted by atomic mass is 16.5. The number of carbonyl (C=O) groups excluding carboxylic acids is 1. The molecule has 0 aliphatic carbocycles. The normalized spacial score (nSPS) is 11.4. The highest BCUT2D eigenvalue weighted by Crippen LogP contribution is 2.25. The number of nitrogens with one attached hydrogen (secondary N) is 2. The van der Waals surface area contributed by atoms with E-state index in [0.717, 1.165) is 6.42 Å². The van der Waals surface area contributed by atoms with Gasteiger partial charge in [0.05, 0.1) is 6.54 Å². The van der Waals surface area contributed by atoms with Crippen molar-refractivity contribution in [2.24, 2.45) is 5.41 Å². The summed E-state index contributed by atoms with van der Waals surface area (Å²) < 4.78 is 4.85. The molecule has 0 aliphatic heterocycles. The van der Waals surface area contributed by atoms with E-state index >= 15 is 0 Å². The van der Waals surface area contributed by atoms with Gasteiger partial charge in [-0.25, -0.2) is 0 Å². The minimum absolute atomic E-state index is 0.0644. The Morgan fingerprint density at radius 1 is 1.38 bits per heavy atom. The first-order chi connectivity index (χ1) is 9.78. The van der Waals surface area contributed by atoms with Crippen molar-refractivity contribution in [3.63, 3.8) is 0 Å². The van der Waals surface area contributed by atoms with Gasteiger partial charge < -0.3 is 20.3 Å². The number of amides is 1. The summed E-state index contributed by atoms with van der Waals surface area (Å²) in [5.74, 6) is 0.0736. The number of aryl methyl sites for hydroxylation is 1. The van der Waals surface area contributed by atoms with Gasteiger partial charge in [-0.1, -0.05) is 19.0 Å². The van der Waals surface area contributed by atoms with Gasteiger partial charge in [-0.05, 0) is 31.7 Å². The fraction of sp³-hybridized carbons (Fsp3) is 0.643. The molecule has 0 saturated carbocycles. The lowest BCUT2D eigenvalue weighted by molar-refractivity contribution is -0.137. The Hall–Kier alpha value is -1.89. The summed E-state index contributed by atoms with van der Waals surface area (Å²) in [6.07, 6.45) is 1.59. The minimum atomic E-state index is -0.779. The summed E-state index contributed by atoms with van der Waals surface area (Å²) in [5.41, 5.74) is -0.0644. The van der Waals surface area contributed by atoms with Gasteiger partial charge in [-0.3, -0.25) is 9.59 Å². The first kappa shape index (κ1) is 17.2. The number of carbonyl (C=O) groups is 2. The summed E-state index contributed by atoms with van der Waals surface area (Å²) in [5, 5.41) is 18.0. The van der Waals surface area contributed by atoms with Gasteiger partial charge in [0, 0.05) is 12.5 Å². The van der Waals surface area contributed by atoms with Crippen molar-refractivity contribution in [2.45, 2.75) is 40.0 Å². The van der Waals surface area contributed by atoms with E-state index in [4.69, 9.17) is 9.63 Å². The molecule has 0 fully saturated rings. The number of hydrogen-bond acceptors (Lipinski definition) is 5. The lowest BCUT2D eigenvalue weighted by Gasteiger charge is -2.23. The fourth-order valence-electron chi connectivity index (χ4n) is 1.81. The van der Waals surface area contributed by atoms with Gasteiger partial charge in [0.1, 0.15) is 5.76 Å². The number of carboxylic acid groups (broad SMARTS) is 1. The Balaban J connectivity index is 2.18. The predicted molar refractivity (Wildman–Crippen MR) is 78.0 cm³/mol. The van der Waals surface area contributed by atoms with Crippen LogP contribution in [0.15, 0.2) is 10.6 Å². The summed E-state index contributed by atoms with van der Waals surface area (Å²) in [6.45, 7) is 6.63. The molecule has 1 amide bonds. The molecule has 0 saturated heterocycles. The van der Waals surface area contributed by atoms with Crippen LogP contribution < -0.4 is 10.6 Å². The minimum Gasteiger partial charge on any atom is -0.481 e. The van der Waals surface area contributed by atoms with Crippen molar-refractivity contribution in [2.75, 3.05) is 18.4 Å². The Bertz CT molecular complexity index is 482. The van der Waals surface area contributed by atoms with E-state index < -0.39 is 5.97 Å². The van der Waals surface area contributed by atoms with Gasteiger partial charge >= 0.3 is 5.97 Å². The van der Waals surface area contributed by atoms with Gasteiger partial charge in [0.15, 0.2) is 5.82 Å². The number of nitrogens with zero attached hydrogens (tertiary/aromatic N) is 1. The molecule has 1 aromatic rings. The maximum absolute atomic E-state index is 11.6. The second-order valence-corrected chi connectivity index (χ2v) is 5.86. The second kappa shape index (κ2) is 7.78. The standard InChI is InChI=1S/C14H23N3O4/c1-10-8-11(17-21-10)16-12(18)9-15-7-6-14(2,3)5-4-13(19)20/h8,15H,4-7,9H2,1-3H3,(H,19,20)(H,16,17,18). The highest BCUT2D eigenvalue weighted by Gasteiger charge is 2.18. The largest absolute Gasteiger partial charge is 0.481 e. The average molecular weight is 297 g/mol. The lowest BCUT2D eigenvalue weighted by Crippen LogP contribution is -2.31. The van der Waals surface area contributed by atoms with Crippen LogP contribution in [0.1, 0.15) is 38.9 Å². The van der Waals surface area contributed by atoms with Crippen LogP contribution >= 0.6 is 0 Å². The topological polar surface area (TPSA) is 104 Å². The molecule has 0 unspecified atom stereocenters. The SMILES string of the molecule is Cc1cc(NC(=O)CNCCC(C)(C)CCC(=O)O)no1. The van der Waals surface area contributed by atoms with Crippen LogP contribution in [0.25, 0.3) is 0 Å². The molecule has 1 aromatic heterocycles. The molecule has 3 N–H and O–H groups in total. The van der Waals surface area contributed by atoms with E-state index in [-0.39, 0.29) is 24.3 Å². The fourth-order valence-corrected chi connectivity index (χ4v) is 1.81. The molecule has 1 heterocycles. The Kier molecular flexibility index (Phi) is 6.36. The molecule has 0 aromatic carbocycles. The molecule has 7 heteroatoms. The molecule has 7 nitrogen and oxygen atoms in total. The molecule has 21 heavy (non-hydrogen) atoms. The number of carboxylic acids is 1. The lowest BCUT2D eigenvalue weighted by atomic mass is 9.84. The quantitative estimate of drug-likeness (QED) is 0.600. The molecule has 0 atom stereocenters. The van der Waals surface area contributed by atoms with Crippen LogP contribution in [0.3, 0.4) is 0 Å². The van der Waals surface area contributed by atoms with Crippen LogP contribution in [0.5, 0.6) is 0 Å². The molecule has 0 aliphatic rings. The maximum atomic E-state index is 11.6. The predicted octanol–water partition coefficient (Wildman–Crippen LogP) is 1.79. The van der Waals surface area contributed by atoms with Crippen molar-refractivity contribution >= 4 is 17.7 Å². The molecular weight excluding hydrogens is 274 g/mol. The number of rotatable bonds is 9. The molecule has 0 spiro atoms. The number of anilines is 1. The van der Waals surface area contributed by atoms with Gasteiger partial charge in [-0.2, -0.15) is 0 Å². The number of aliphatic carboxylic acids is 1. The molecule has 0 bridgehead atoms. The zero-order valence-corrected chi connectivity index (χ0v) is 12.7. The Labute approximate surface area is 124 Å². The molecule has 1 rings (SSSR count). The van der Waals surface area contributed by atoms with Crippen molar-refractivity contribution in [3.05, 3.63) is 11.8 Å². The maximum Gasteiger partial charge on any atom is 0.303 e. The van der Waals surface area contributed by atoms with Gasteiger partial charge in [0.2, 0.25) is 5.91 Å². The summed E-state index contributed by atoms with van der Waals surface area (Å²) in [7, 11) is 0. The van der Waals surface area contributed by atoms with Crippen molar-refractivity contribution < 1.29 is 19.2 Å². The zero-order chi connectivity index (χ0) is 15.9. The van der Waals surface area contributed by atoms with Crippen molar-refractivity contribution in [1.82, 2.24) is 10.5 Å². The molecule has 118 valence electrons. The van der Waals surface area contributed by atoms with E-state index in [1.807, 2.05) is 13.8 Å². The smallest absolute Gasteiger partial charge is 0.303 e. The van der Waals surface area contributed by atoms with Crippen LogP contribution in [0.4, 0.5) is 5.82 Å². The molecular formula is C14H23N3O4. The number of aromatic nitrogens is 1. The third-order valence-electron chi connectivity index (χ3n) is 3.18. The molecule has 0 radical (unpaired) electrons. The zero-order valence-electron chi connectivity index (χ0n) is 12.7. The van der Waals surface area contributed by atoms with Crippen molar-refractivity contribution in [3.8, 4) is 0 Å². The number of hydrogen-bond donors (Lipinski definition) is 3. The van der Waals surface area contributed by atoms with Crippen LogP contribution in [-0.4, -0.2) is 35.2 Å². The van der Waals surface area contributed by atoms with E-state index in [2.05, 4.69) is 15.8 Å². The van der Waals surface area contributed by atoms with Crippen molar-refractivity contribution in [1.29, 1.82) is 0 Å². The first-order valence-electron chi connectivity index (χ1n) is 6.94. The second-order valence-electron chi connectivity index (χ2n) is 5.86.